The van der Waals surface area contributed by atoms with E-state index >= 15 is 0 Å². The molecule has 5 nitrogen and oxygen atoms in total. The Bertz CT molecular complexity index is 323. The van der Waals surface area contributed by atoms with Gasteiger partial charge in [0.15, 0.2) is 0 Å². The van der Waals surface area contributed by atoms with Crippen molar-refractivity contribution in [3.8, 4) is 0 Å². The molecule has 2 aliphatic rings. The first kappa shape index (κ1) is 15.7. The molecule has 0 aromatic carbocycles. The highest BCUT2D eigenvalue weighted by atomic mass is 16.4. The van der Waals surface area contributed by atoms with Crippen molar-refractivity contribution in [3.05, 3.63) is 0 Å². The van der Waals surface area contributed by atoms with Crippen LogP contribution < -0.4 is 5.32 Å². The minimum absolute atomic E-state index is 0.589. The molecule has 0 saturated carbocycles. The van der Waals surface area contributed by atoms with E-state index in [9.17, 15) is 9.90 Å². The summed E-state index contributed by atoms with van der Waals surface area (Å²) in [6, 6.07) is 0.720. The van der Waals surface area contributed by atoms with Crippen LogP contribution in [0.2, 0.25) is 0 Å². The average Bonchev–Trinajstić information content (AvgIpc) is 2.48. The number of hydrogen-bond donors (Lipinski definition) is 2. The number of carboxylic acids is 1. The van der Waals surface area contributed by atoms with Crippen LogP contribution in [0.15, 0.2) is 0 Å². The monoisotopic (exact) mass is 283 g/mol. The zero-order chi connectivity index (χ0) is 14.6. The lowest BCUT2D eigenvalue weighted by molar-refractivity contribution is -0.145. The summed E-state index contributed by atoms with van der Waals surface area (Å²) < 4.78 is 0. The van der Waals surface area contributed by atoms with Crippen molar-refractivity contribution in [2.45, 2.75) is 50.6 Å². The lowest BCUT2D eigenvalue weighted by atomic mass is 9.97. The van der Waals surface area contributed by atoms with Crippen LogP contribution in [0.4, 0.5) is 0 Å². The van der Waals surface area contributed by atoms with E-state index in [1.165, 1.54) is 45.2 Å². The molecule has 1 atom stereocenters. The summed E-state index contributed by atoms with van der Waals surface area (Å²) in [5.74, 6) is -0.766. The topological polar surface area (TPSA) is 55.8 Å². The molecule has 0 bridgehead atoms. The van der Waals surface area contributed by atoms with Crippen molar-refractivity contribution in [2.75, 3.05) is 39.8 Å². The lowest BCUT2D eigenvalue weighted by Gasteiger charge is -2.42. The number of rotatable bonds is 5. The van der Waals surface area contributed by atoms with Gasteiger partial charge in [0.1, 0.15) is 5.54 Å². The van der Waals surface area contributed by atoms with Gasteiger partial charge in [0.05, 0.1) is 0 Å². The fourth-order valence-corrected chi connectivity index (χ4v) is 3.43. The van der Waals surface area contributed by atoms with E-state index in [0.29, 0.717) is 6.54 Å². The molecule has 116 valence electrons. The Morgan fingerprint density at radius 1 is 1.20 bits per heavy atom. The highest BCUT2D eigenvalue weighted by molar-refractivity contribution is 5.78. The van der Waals surface area contributed by atoms with Crippen LogP contribution >= 0.6 is 0 Å². The highest BCUT2D eigenvalue weighted by Crippen LogP contribution is 2.21. The standard InChI is InChI=1S/C15H29N3O2/c1-15(16-2,14(19)20)12-17-10-6-13(7-11-17)18-8-4-3-5-9-18/h13,16H,3-12H2,1-2H3,(H,19,20). The van der Waals surface area contributed by atoms with E-state index < -0.39 is 11.5 Å². The molecule has 2 N–H and O–H groups in total. The molecule has 2 fully saturated rings. The van der Waals surface area contributed by atoms with Gasteiger partial charge >= 0.3 is 5.97 Å². The molecule has 20 heavy (non-hydrogen) atoms. The predicted molar refractivity (Wildman–Crippen MR) is 80.0 cm³/mol. The summed E-state index contributed by atoms with van der Waals surface area (Å²) in [7, 11) is 1.73. The van der Waals surface area contributed by atoms with Crippen molar-refractivity contribution in [2.24, 2.45) is 0 Å². The molecule has 2 saturated heterocycles. The van der Waals surface area contributed by atoms with Crippen LogP contribution in [0.1, 0.15) is 39.0 Å². The molecule has 0 amide bonds. The first-order valence-electron chi connectivity index (χ1n) is 7.94. The average molecular weight is 283 g/mol. The number of likely N-dealkylation sites (N-methyl/N-ethyl adjacent to an activating group) is 1. The normalized spacial score (nSPS) is 26.3. The van der Waals surface area contributed by atoms with Gasteiger partial charge in [0.25, 0.3) is 0 Å². The summed E-state index contributed by atoms with van der Waals surface area (Å²) in [6.45, 7) is 6.91. The Morgan fingerprint density at radius 3 is 2.30 bits per heavy atom. The second-order valence-electron chi connectivity index (χ2n) is 6.49. The minimum atomic E-state index is -0.835. The number of nitrogens with one attached hydrogen (secondary N) is 1. The minimum Gasteiger partial charge on any atom is -0.480 e. The smallest absolute Gasteiger partial charge is 0.324 e. The highest BCUT2D eigenvalue weighted by Gasteiger charge is 2.35. The van der Waals surface area contributed by atoms with Gasteiger partial charge in [0, 0.05) is 12.6 Å². The molecule has 2 rings (SSSR count). The molecular weight excluding hydrogens is 254 g/mol. The van der Waals surface area contributed by atoms with Gasteiger partial charge < -0.3 is 20.2 Å². The summed E-state index contributed by atoms with van der Waals surface area (Å²) in [4.78, 5) is 16.3. The van der Waals surface area contributed by atoms with Crippen molar-refractivity contribution < 1.29 is 9.90 Å². The van der Waals surface area contributed by atoms with E-state index in [1.807, 2.05) is 0 Å². The number of carbonyl (C=O) groups is 1. The Balaban J connectivity index is 1.80. The van der Waals surface area contributed by atoms with Gasteiger partial charge in [-0.2, -0.15) is 0 Å². The Kier molecular flexibility index (Phi) is 5.41. The van der Waals surface area contributed by atoms with Crippen molar-refractivity contribution in [3.63, 3.8) is 0 Å². The van der Waals surface area contributed by atoms with Crippen molar-refractivity contribution in [1.82, 2.24) is 15.1 Å². The zero-order valence-electron chi connectivity index (χ0n) is 12.9. The van der Waals surface area contributed by atoms with Crippen LogP contribution in [0.25, 0.3) is 0 Å². The van der Waals surface area contributed by atoms with Crippen LogP contribution in [0.5, 0.6) is 0 Å². The molecule has 5 heteroatoms. The van der Waals surface area contributed by atoms with E-state index in [4.69, 9.17) is 0 Å². The number of aliphatic carboxylic acids is 1. The fourth-order valence-electron chi connectivity index (χ4n) is 3.43. The number of piperidine rings is 2. The molecule has 0 spiro atoms. The number of carboxylic acid groups (broad SMARTS) is 1. The largest absolute Gasteiger partial charge is 0.480 e. The van der Waals surface area contributed by atoms with Gasteiger partial charge in [-0.25, -0.2) is 0 Å². The van der Waals surface area contributed by atoms with E-state index in [1.54, 1.807) is 14.0 Å². The molecule has 2 heterocycles. The second kappa shape index (κ2) is 6.87. The van der Waals surface area contributed by atoms with Gasteiger partial charge in [-0.1, -0.05) is 6.42 Å². The first-order chi connectivity index (χ1) is 9.55. The molecule has 0 aromatic rings. The van der Waals surface area contributed by atoms with Gasteiger partial charge in [-0.05, 0) is 65.8 Å². The van der Waals surface area contributed by atoms with Crippen molar-refractivity contribution in [1.29, 1.82) is 0 Å². The van der Waals surface area contributed by atoms with Crippen LogP contribution in [-0.2, 0) is 4.79 Å². The second-order valence-corrected chi connectivity index (χ2v) is 6.49. The summed E-state index contributed by atoms with van der Waals surface area (Å²) >= 11 is 0. The Morgan fingerprint density at radius 2 is 1.80 bits per heavy atom. The molecule has 2 aliphatic heterocycles. The third-order valence-corrected chi connectivity index (χ3v) is 5.03. The van der Waals surface area contributed by atoms with E-state index in [0.717, 1.165) is 19.1 Å². The van der Waals surface area contributed by atoms with Crippen molar-refractivity contribution >= 4 is 5.97 Å². The maximum absolute atomic E-state index is 11.3. The molecule has 0 radical (unpaired) electrons. The molecule has 0 aromatic heterocycles. The third kappa shape index (κ3) is 3.71. The van der Waals surface area contributed by atoms with Gasteiger partial charge in [0.2, 0.25) is 0 Å². The maximum atomic E-state index is 11.3. The third-order valence-electron chi connectivity index (χ3n) is 5.03. The number of likely N-dealkylation sites (tertiary alicyclic amines) is 2. The van der Waals surface area contributed by atoms with Gasteiger partial charge in [-0.15, -0.1) is 0 Å². The zero-order valence-corrected chi connectivity index (χ0v) is 12.9. The Hall–Kier alpha value is -0.650. The first-order valence-corrected chi connectivity index (χ1v) is 7.94. The molecule has 1 unspecified atom stereocenters. The lowest BCUT2D eigenvalue weighted by Crippen LogP contribution is -2.57. The van der Waals surface area contributed by atoms with Crippen LogP contribution in [0, 0.1) is 0 Å². The summed E-state index contributed by atoms with van der Waals surface area (Å²) in [5.41, 5.74) is -0.835. The Labute approximate surface area is 122 Å². The quantitative estimate of drug-likeness (QED) is 0.788. The van der Waals surface area contributed by atoms with Crippen LogP contribution in [-0.4, -0.2) is 72.2 Å². The summed E-state index contributed by atoms with van der Waals surface area (Å²) in [5, 5.41) is 12.3. The van der Waals surface area contributed by atoms with E-state index in [-0.39, 0.29) is 0 Å². The summed E-state index contributed by atoms with van der Waals surface area (Å²) in [6.07, 6.45) is 6.43. The number of nitrogens with zero attached hydrogens (tertiary/aromatic N) is 2. The molecule has 0 aliphatic carbocycles. The SMILES string of the molecule is CNC(C)(CN1CCC(N2CCCCC2)CC1)C(=O)O. The van der Waals surface area contributed by atoms with Gasteiger partial charge in [-0.3, -0.25) is 4.79 Å². The maximum Gasteiger partial charge on any atom is 0.324 e. The predicted octanol–water partition coefficient (Wildman–Crippen LogP) is 0.999. The van der Waals surface area contributed by atoms with E-state index in [2.05, 4.69) is 15.1 Å². The van der Waals surface area contributed by atoms with Crippen LogP contribution in [0.3, 0.4) is 0 Å². The fraction of sp³-hybridized carbons (Fsp3) is 0.933. The number of hydrogen-bond acceptors (Lipinski definition) is 4. The molecular formula is C15H29N3O2.